The third-order valence-corrected chi connectivity index (χ3v) is 5.69. The largest absolute Gasteiger partial charge is 0.495 e. The molecule has 0 radical (unpaired) electrons. The van der Waals surface area contributed by atoms with Crippen LogP contribution in [0.15, 0.2) is 36.4 Å². The fraction of sp³-hybridized carbons (Fsp3) is 0.227. The summed E-state index contributed by atoms with van der Waals surface area (Å²) in [4.78, 5) is 29.2. The topological polar surface area (TPSA) is 96.0 Å². The number of anilines is 1. The number of thiazole rings is 1. The van der Waals surface area contributed by atoms with Gasteiger partial charge in [-0.25, -0.2) is 14.2 Å². The molecule has 3 aromatic rings. The van der Waals surface area contributed by atoms with E-state index in [1.165, 1.54) is 50.6 Å². The normalized spacial score (nSPS) is 10.5. The van der Waals surface area contributed by atoms with Crippen molar-refractivity contribution in [1.82, 2.24) is 4.98 Å². The average molecular weight is 495 g/mol. The molecule has 0 saturated heterocycles. The van der Waals surface area contributed by atoms with E-state index in [0.717, 1.165) is 11.3 Å². The summed E-state index contributed by atoms with van der Waals surface area (Å²) in [6.07, 6.45) is 0. The fourth-order valence-electron chi connectivity index (χ4n) is 2.72. The van der Waals surface area contributed by atoms with Gasteiger partial charge in [-0.3, -0.25) is 4.79 Å². The maximum Gasteiger partial charge on any atom is 0.350 e. The number of hydrogen-bond donors (Lipinski definition) is 1. The number of esters is 1. The maximum absolute atomic E-state index is 13.0. The molecule has 0 aliphatic carbocycles. The summed E-state index contributed by atoms with van der Waals surface area (Å²) in [6.45, 7) is 1.23. The molecule has 0 aliphatic heterocycles. The zero-order valence-corrected chi connectivity index (χ0v) is 19.5. The van der Waals surface area contributed by atoms with E-state index in [4.69, 9.17) is 30.5 Å². The number of carbonyl (C=O) groups excluding carboxylic acids is 2. The Kier molecular flexibility index (Phi) is 8.07. The van der Waals surface area contributed by atoms with Crippen LogP contribution in [0.4, 0.5) is 10.1 Å². The highest BCUT2D eigenvalue weighted by molar-refractivity contribution is 7.13. The van der Waals surface area contributed by atoms with Gasteiger partial charge in [0.05, 0.1) is 30.6 Å². The molecule has 0 saturated carbocycles. The Morgan fingerprint density at radius 3 is 2.48 bits per heavy atom. The smallest absolute Gasteiger partial charge is 0.350 e. The molecule has 0 bridgehead atoms. The summed E-state index contributed by atoms with van der Waals surface area (Å²) >= 11 is 7.18. The van der Waals surface area contributed by atoms with Crippen LogP contribution in [0, 0.1) is 12.7 Å². The van der Waals surface area contributed by atoms with Crippen molar-refractivity contribution in [2.24, 2.45) is 0 Å². The molecule has 2 aromatic carbocycles. The number of ether oxygens (including phenoxy) is 4. The molecule has 1 N–H and O–H groups in total. The molecule has 33 heavy (non-hydrogen) atoms. The van der Waals surface area contributed by atoms with Crippen LogP contribution >= 0.6 is 22.9 Å². The lowest BCUT2D eigenvalue weighted by Gasteiger charge is -2.13. The van der Waals surface area contributed by atoms with E-state index in [1.807, 2.05) is 0 Å². The van der Waals surface area contributed by atoms with Crippen LogP contribution in [0.5, 0.6) is 17.2 Å². The van der Waals surface area contributed by atoms with Gasteiger partial charge >= 0.3 is 5.97 Å². The van der Waals surface area contributed by atoms with E-state index in [2.05, 4.69) is 10.3 Å². The first kappa shape index (κ1) is 24.3. The van der Waals surface area contributed by atoms with Gasteiger partial charge in [0.15, 0.2) is 6.61 Å². The molecule has 0 unspecified atom stereocenters. The van der Waals surface area contributed by atoms with Gasteiger partial charge in [0.25, 0.3) is 5.91 Å². The lowest BCUT2D eigenvalue weighted by Crippen LogP contribution is -2.21. The van der Waals surface area contributed by atoms with E-state index >= 15 is 0 Å². The number of hydrogen-bond acceptors (Lipinski definition) is 8. The SMILES string of the molecule is COc1cc(OC)c(NC(=O)COC(=O)c2sc(COc3ccc(F)cc3)nc2C)cc1Cl. The van der Waals surface area contributed by atoms with E-state index in [1.54, 1.807) is 6.92 Å². The highest BCUT2D eigenvalue weighted by atomic mass is 35.5. The standard InChI is InChI=1S/C22H20ClFN2O6S/c1-12-21(33-20(25-12)11-31-14-6-4-13(24)5-7-14)22(28)32-10-19(27)26-16-8-15(23)17(29-2)9-18(16)30-3/h4-9H,10-11H2,1-3H3,(H,26,27). The Balaban J connectivity index is 1.57. The number of rotatable bonds is 9. The zero-order chi connectivity index (χ0) is 24.0. The predicted octanol–water partition coefficient (Wildman–Crippen LogP) is 4.64. The first-order valence-electron chi connectivity index (χ1n) is 9.54. The molecule has 174 valence electrons. The molecular formula is C22H20ClFN2O6S. The minimum atomic E-state index is -0.687. The number of halogens is 2. The van der Waals surface area contributed by atoms with Gasteiger partial charge in [-0.15, -0.1) is 11.3 Å². The number of aromatic nitrogens is 1. The van der Waals surface area contributed by atoms with Gasteiger partial charge in [0.1, 0.15) is 39.6 Å². The summed E-state index contributed by atoms with van der Waals surface area (Å²) in [6, 6.07) is 8.56. The molecule has 1 heterocycles. The first-order chi connectivity index (χ1) is 15.8. The van der Waals surface area contributed by atoms with Crippen molar-refractivity contribution in [2.75, 3.05) is 26.1 Å². The number of aryl methyl sites for hydroxylation is 1. The van der Waals surface area contributed by atoms with Crippen LogP contribution in [-0.2, 0) is 16.1 Å². The van der Waals surface area contributed by atoms with Crippen molar-refractivity contribution in [3.8, 4) is 17.2 Å². The molecule has 3 rings (SSSR count). The highest BCUT2D eigenvalue weighted by Gasteiger charge is 2.19. The van der Waals surface area contributed by atoms with Crippen LogP contribution in [0.3, 0.4) is 0 Å². The van der Waals surface area contributed by atoms with Crippen molar-refractivity contribution in [1.29, 1.82) is 0 Å². The van der Waals surface area contributed by atoms with Crippen LogP contribution < -0.4 is 19.5 Å². The molecule has 0 fully saturated rings. The number of nitrogens with one attached hydrogen (secondary N) is 1. The minimum Gasteiger partial charge on any atom is -0.495 e. The second-order valence-electron chi connectivity index (χ2n) is 6.58. The van der Waals surface area contributed by atoms with Crippen molar-refractivity contribution in [3.63, 3.8) is 0 Å². The van der Waals surface area contributed by atoms with Crippen molar-refractivity contribution >= 4 is 40.5 Å². The van der Waals surface area contributed by atoms with Crippen LogP contribution in [0.1, 0.15) is 20.4 Å². The number of amides is 1. The Morgan fingerprint density at radius 1 is 1.12 bits per heavy atom. The Labute approximate surface area is 198 Å². The Bertz CT molecular complexity index is 1150. The van der Waals surface area contributed by atoms with Gasteiger partial charge in [-0.1, -0.05) is 11.6 Å². The quantitative estimate of drug-likeness (QED) is 0.433. The Hall–Kier alpha value is -3.37. The van der Waals surface area contributed by atoms with Gasteiger partial charge in [0, 0.05) is 6.07 Å². The summed E-state index contributed by atoms with van der Waals surface area (Å²) in [5.41, 5.74) is 0.755. The zero-order valence-electron chi connectivity index (χ0n) is 17.9. The van der Waals surface area contributed by atoms with E-state index in [9.17, 15) is 14.0 Å². The Morgan fingerprint density at radius 2 is 1.82 bits per heavy atom. The summed E-state index contributed by atoms with van der Waals surface area (Å²) < 4.78 is 34.0. The van der Waals surface area contributed by atoms with Crippen LogP contribution in [-0.4, -0.2) is 37.7 Å². The third kappa shape index (κ3) is 6.33. The molecule has 0 atom stereocenters. The predicted molar refractivity (Wildman–Crippen MR) is 121 cm³/mol. The second-order valence-corrected chi connectivity index (χ2v) is 8.07. The van der Waals surface area contributed by atoms with E-state index in [-0.39, 0.29) is 22.3 Å². The molecular weight excluding hydrogens is 475 g/mol. The minimum absolute atomic E-state index is 0.100. The van der Waals surface area contributed by atoms with Gasteiger partial charge in [-0.2, -0.15) is 0 Å². The number of methoxy groups -OCH3 is 2. The van der Waals surface area contributed by atoms with Crippen LogP contribution in [0.25, 0.3) is 0 Å². The molecule has 8 nitrogen and oxygen atoms in total. The maximum atomic E-state index is 13.0. The first-order valence-corrected chi connectivity index (χ1v) is 10.7. The summed E-state index contributed by atoms with van der Waals surface area (Å²) in [5.74, 6) is -0.440. The molecule has 0 aliphatic rings. The van der Waals surface area contributed by atoms with E-state index < -0.39 is 18.5 Å². The lowest BCUT2D eigenvalue weighted by molar-refractivity contribution is -0.119. The lowest BCUT2D eigenvalue weighted by atomic mass is 10.2. The fourth-order valence-corrected chi connectivity index (χ4v) is 3.83. The van der Waals surface area contributed by atoms with Gasteiger partial charge < -0.3 is 24.3 Å². The summed E-state index contributed by atoms with van der Waals surface area (Å²) in [7, 11) is 2.89. The number of nitrogens with zero attached hydrogens (tertiary/aromatic N) is 1. The summed E-state index contributed by atoms with van der Waals surface area (Å²) in [5, 5.41) is 3.39. The molecule has 1 aromatic heterocycles. The molecule has 1 amide bonds. The molecule has 0 spiro atoms. The van der Waals surface area contributed by atoms with Gasteiger partial charge in [-0.05, 0) is 37.3 Å². The molecule has 11 heteroatoms. The van der Waals surface area contributed by atoms with Crippen molar-refractivity contribution in [3.05, 3.63) is 62.8 Å². The van der Waals surface area contributed by atoms with E-state index in [0.29, 0.717) is 33.6 Å². The number of benzene rings is 2. The van der Waals surface area contributed by atoms with Gasteiger partial charge in [0.2, 0.25) is 0 Å². The third-order valence-electron chi connectivity index (χ3n) is 4.28. The van der Waals surface area contributed by atoms with Crippen LogP contribution in [0.2, 0.25) is 5.02 Å². The van der Waals surface area contributed by atoms with Crippen molar-refractivity contribution < 1.29 is 32.9 Å². The van der Waals surface area contributed by atoms with Crippen molar-refractivity contribution in [2.45, 2.75) is 13.5 Å². The second kappa shape index (κ2) is 11.0. The average Bonchev–Trinajstić information content (AvgIpc) is 3.18. The highest BCUT2D eigenvalue weighted by Crippen LogP contribution is 2.35. The monoisotopic (exact) mass is 494 g/mol. The number of carbonyl (C=O) groups is 2.